The van der Waals surface area contributed by atoms with Gasteiger partial charge in [-0.2, -0.15) is 0 Å². The van der Waals surface area contributed by atoms with Crippen molar-refractivity contribution in [2.75, 3.05) is 34.9 Å². The molecule has 1 aliphatic carbocycles. The third-order valence-electron chi connectivity index (χ3n) is 3.02. The van der Waals surface area contributed by atoms with Gasteiger partial charge in [-0.15, -0.1) is 9.34 Å². The van der Waals surface area contributed by atoms with E-state index in [1.165, 1.54) is 25.0 Å². The molecule has 88 valence electrons. The average Bonchev–Trinajstić information content (AvgIpc) is 2.18. The Bertz CT molecular complexity index is 231. The smallest absolute Gasteiger partial charge is 0.317 e. The van der Waals surface area contributed by atoms with Gasteiger partial charge in [0.2, 0.25) is 0 Å². The van der Waals surface area contributed by atoms with Gasteiger partial charge in [0.1, 0.15) is 6.66 Å². The van der Waals surface area contributed by atoms with Crippen LogP contribution in [0.3, 0.4) is 0 Å². The van der Waals surface area contributed by atoms with Gasteiger partial charge in [0.05, 0.1) is 0 Å². The van der Waals surface area contributed by atoms with Crippen LogP contribution in [0.5, 0.6) is 0 Å². The van der Waals surface area contributed by atoms with Crippen LogP contribution in [-0.4, -0.2) is 44.2 Å². The minimum Gasteiger partial charge on any atom is -0.317 e. The Kier molecular flexibility index (Phi) is 4.57. The van der Waals surface area contributed by atoms with Crippen LogP contribution < -0.4 is 0 Å². The molecule has 0 saturated carbocycles. The van der Waals surface area contributed by atoms with E-state index in [0.29, 0.717) is 0 Å². The van der Waals surface area contributed by atoms with E-state index in [1.54, 1.807) is 0 Å². The molecule has 0 aliphatic heterocycles. The molecule has 0 unspecified atom stereocenters. The maximum atomic E-state index is 6.23. The first-order chi connectivity index (χ1) is 6.97. The van der Waals surface area contributed by atoms with E-state index < -0.39 is 7.79 Å². The Morgan fingerprint density at radius 2 is 1.73 bits per heavy atom. The van der Waals surface area contributed by atoms with Crippen molar-refractivity contribution in [3.05, 3.63) is 11.8 Å². The van der Waals surface area contributed by atoms with Crippen molar-refractivity contribution < 1.29 is 4.52 Å². The van der Waals surface area contributed by atoms with Gasteiger partial charge in [-0.05, 0) is 25.3 Å². The molecule has 15 heavy (non-hydrogen) atoms. The maximum Gasteiger partial charge on any atom is 0.332 e. The molecule has 0 heterocycles. The van der Waals surface area contributed by atoms with Gasteiger partial charge in [-0.3, -0.25) is 0 Å². The van der Waals surface area contributed by atoms with E-state index in [0.717, 1.165) is 6.42 Å². The van der Waals surface area contributed by atoms with Gasteiger partial charge in [-0.25, -0.2) is 0 Å². The van der Waals surface area contributed by atoms with E-state index in [4.69, 9.17) is 4.52 Å². The second-order valence-electron chi connectivity index (χ2n) is 4.54. The van der Waals surface area contributed by atoms with Crippen LogP contribution in [0.1, 0.15) is 25.7 Å². The van der Waals surface area contributed by atoms with E-state index in [1.807, 2.05) is 0 Å². The molecule has 1 aliphatic rings. The summed E-state index contributed by atoms with van der Waals surface area (Å²) in [5.41, 5.74) is 0. The zero-order valence-corrected chi connectivity index (χ0v) is 11.6. The second kappa shape index (κ2) is 5.29. The average molecular weight is 231 g/mol. The fourth-order valence-electron chi connectivity index (χ4n) is 1.63. The molecule has 0 aromatic carbocycles. The first-order valence-electron chi connectivity index (χ1n) is 5.57. The molecule has 0 atom stereocenters. The molecule has 0 saturated heterocycles. The molecule has 0 aromatic heterocycles. The van der Waals surface area contributed by atoms with Gasteiger partial charge in [0.25, 0.3) is 0 Å². The Labute approximate surface area is 94.6 Å². The van der Waals surface area contributed by atoms with Crippen LogP contribution >= 0.6 is 7.79 Å². The first-order valence-corrected chi connectivity index (χ1v) is 7.63. The third-order valence-corrected chi connectivity index (χ3v) is 6.57. The Morgan fingerprint density at radius 1 is 1.13 bits per heavy atom. The molecule has 0 spiro atoms. The molecule has 0 bridgehead atoms. The fraction of sp³-hybridized carbons (Fsp3) is 0.818. The molecule has 1 rings (SSSR count). The Hall–Kier alpha value is -0.110. The molecule has 0 N–H and O–H groups in total. The van der Waals surface area contributed by atoms with Gasteiger partial charge >= 0.3 is 7.79 Å². The summed E-state index contributed by atoms with van der Waals surface area (Å²) in [6.07, 6.45) is 7.13. The van der Waals surface area contributed by atoms with E-state index in [2.05, 4.69) is 50.3 Å². The van der Waals surface area contributed by atoms with Crippen LogP contribution in [-0.2, 0) is 4.52 Å². The van der Waals surface area contributed by atoms with Gasteiger partial charge in [0.15, 0.2) is 5.76 Å². The summed E-state index contributed by atoms with van der Waals surface area (Å²) in [5, 5.41) is 0. The van der Waals surface area contributed by atoms with Crippen LogP contribution in [0.25, 0.3) is 0 Å². The van der Waals surface area contributed by atoms with E-state index >= 15 is 0 Å². The predicted molar refractivity (Wildman–Crippen MR) is 67.9 cm³/mol. The molecule has 0 amide bonds. The van der Waals surface area contributed by atoms with Crippen molar-refractivity contribution in [2.45, 2.75) is 25.7 Å². The summed E-state index contributed by atoms with van der Waals surface area (Å²) in [5.74, 6) is 1.19. The Balaban J connectivity index is 2.70. The number of hydrogen-bond donors (Lipinski definition) is 0. The molecular weight excluding hydrogens is 207 g/mol. The number of allylic oxidation sites excluding steroid dienone is 2. The second-order valence-corrected chi connectivity index (χ2v) is 7.99. The Morgan fingerprint density at radius 3 is 2.13 bits per heavy atom. The lowest BCUT2D eigenvalue weighted by molar-refractivity contribution is 0.335. The first kappa shape index (κ1) is 13.0. The summed E-state index contributed by atoms with van der Waals surface area (Å²) < 4.78 is 10.6. The van der Waals surface area contributed by atoms with Crippen molar-refractivity contribution in [1.29, 1.82) is 0 Å². The maximum absolute atomic E-state index is 6.23. The van der Waals surface area contributed by atoms with Crippen LogP contribution in [0, 0.1) is 0 Å². The summed E-state index contributed by atoms with van der Waals surface area (Å²) in [4.78, 5) is 0. The molecule has 4 heteroatoms. The highest BCUT2D eigenvalue weighted by molar-refractivity contribution is 7.65. The van der Waals surface area contributed by atoms with E-state index in [-0.39, 0.29) is 0 Å². The summed E-state index contributed by atoms with van der Waals surface area (Å²) in [6, 6.07) is 0. The van der Waals surface area contributed by atoms with Crippen LogP contribution in [0.4, 0.5) is 0 Å². The molecule has 0 fully saturated rings. The highest BCUT2D eigenvalue weighted by atomic mass is 31.2. The predicted octanol–water partition coefficient (Wildman–Crippen LogP) is 2.98. The van der Waals surface area contributed by atoms with Crippen molar-refractivity contribution in [3.8, 4) is 0 Å². The monoisotopic (exact) mass is 231 g/mol. The van der Waals surface area contributed by atoms with Gasteiger partial charge < -0.3 is 4.52 Å². The molecule has 0 radical (unpaired) electrons. The zero-order chi connectivity index (χ0) is 11.5. The lowest BCUT2D eigenvalue weighted by Crippen LogP contribution is -2.27. The van der Waals surface area contributed by atoms with Crippen molar-refractivity contribution >= 4 is 7.79 Å². The summed E-state index contributed by atoms with van der Waals surface area (Å²) in [6.45, 7) is 2.21. The fourth-order valence-corrected chi connectivity index (χ4v) is 3.29. The lowest BCUT2D eigenvalue weighted by atomic mass is 10.1. The SMILES string of the molecule is CN(C)[P+](C)(OC1=CCCCC1)N(C)C. The van der Waals surface area contributed by atoms with Gasteiger partial charge in [0, 0.05) is 34.6 Å². The molecule has 3 nitrogen and oxygen atoms in total. The number of hydrogen-bond acceptors (Lipinski definition) is 3. The third kappa shape index (κ3) is 3.17. The summed E-state index contributed by atoms with van der Waals surface area (Å²) in [7, 11) is 6.79. The summed E-state index contributed by atoms with van der Waals surface area (Å²) >= 11 is 0. The van der Waals surface area contributed by atoms with Crippen molar-refractivity contribution in [1.82, 2.24) is 9.34 Å². The largest absolute Gasteiger partial charge is 0.332 e. The highest BCUT2D eigenvalue weighted by Gasteiger charge is 2.43. The van der Waals surface area contributed by atoms with Crippen LogP contribution in [0.2, 0.25) is 0 Å². The van der Waals surface area contributed by atoms with Gasteiger partial charge in [-0.1, -0.05) is 0 Å². The van der Waals surface area contributed by atoms with E-state index in [9.17, 15) is 0 Å². The standard InChI is InChI=1S/C11H24N2OP/c1-12(2)15(5,13(3)4)14-11-9-7-6-8-10-11/h9H,6-8,10H2,1-5H3/q+1. The minimum atomic E-state index is -1.58. The topological polar surface area (TPSA) is 15.7 Å². The van der Waals surface area contributed by atoms with Crippen LogP contribution in [0.15, 0.2) is 11.8 Å². The molecule has 0 aromatic rings. The minimum absolute atomic E-state index is 1.11. The number of nitrogens with zero attached hydrogens (tertiary/aromatic N) is 2. The quantitative estimate of drug-likeness (QED) is 0.692. The lowest BCUT2D eigenvalue weighted by Gasteiger charge is -2.32. The van der Waals surface area contributed by atoms with Crippen molar-refractivity contribution in [2.24, 2.45) is 0 Å². The normalized spacial score (nSPS) is 18.2. The zero-order valence-electron chi connectivity index (χ0n) is 10.7. The van der Waals surface area contributed by atoms with Crippen molar-refractivity contribution in [3.63, 3.8) is 0 Å². The highest BCUT2D eigenvalue weighted by Crippen LogP contribution is 2.61. The number of rotatable bonds is 4. The molecular formula is C11H24N2OP+.